The lowest BCUT2D eigenvalue weighted by Gasteiger charge is -2.38. The van der Waals surface area contributed by atoms with E-state index in [2.05, 4.69) is 5.32 Å². The summed E-state index contributed by atoms with van der Waals surface area (Å²) in [6.45, 7) is 16.7. The fraction of sp³-hybridized carbons (Fsp3) is 0.567. The molecular weight excluding hydrogens is 985 g/mol. The fourth-order valence-corrected chi connectivity index (χ4v) is 9.22. The number of likely N-dealkylation sites (tertiary alicyclic amines) is 1. The third-order valence-corrected chi connectivity index (χ3v) is 13.4. The van der Waals surface area contributed by atoms with Gasteiger partial charge < -0.3 is 43.7 Å². The molecule has 1 fully saturated rings. The predicted molar refractivity (Wildman–Crippen MR) is 290 cm³/mol. The van der Waals surface area contributed by atoms with Gasteiger partial charge in [0.15, 0.2) is 18.3 Å². The first kappa shape index (κ1) is 62.9. The first-order valence-corrected chi connectivity index (χ1v) is 27.1. The third kappa shape index (κ3) is 19.7. The minimum Gasteiger partial charge on any atom is -0.458 e. The molecule has 0 radical (unpaired) electrons. The summed E-state index contributed by atoms with van der Waals surface area (Å²) in [6.07, 6.45) is -4.00. The number of hydrogen-bond donors (Lipinski definition) is 1. The SMILES string of the molecule is CN[C@@H](CC(C)C)C(=O)OC(C)C(=O)N(C)[C@@H](CC(C)C)C(=O)OC(Cc1ccccc1)C(=O)N(C)[C@@H](CC(C)C)C(=O)O[C@H]1CCCN([C@@H](CC(C)C)C(=O)O[C@@H](Cc2ccccc2)C(=O)OCc2ccccc2)C1=O. The molecule has 1 N–H and O–H groups in total. The molecule has 422 valence electrons. The van der Waals surface area contributed by atoms with Crippen molar-refractivity contribution in [3.05, 3.63) is 108 Å². The van der Waals surface area contributed by atoms with Gasteiger partial charge in [0.1, 0.15) is 30.8 Å². The Balaban J connectivity index is 1.57. The second-order valence-corrected chi connectivity index (χ2v) is 21.8. The highest BCUT2D eigenvalue weighted by Gasteiger charge is 2.44. The Bertz CT molecular complexity index is 2380. The van der Waals surface area contributed by atoms with E-state index in [1.54, 1.807) is 37.4 Å². The molecule has 0 aliphatic carbocycles. The molecule has 3 aromatic rings. The van der Waals surface area contributed by atoms with E-state index in [-0.39, 0.29) is 75.3 Å². The van der Waals surface area contributed by atoms with Gasteiger partial charge in [-0.05, 0) is 92.9 Å². The van der Waals surface area contributed by atoms with Gasteiger partial charge in [-0.1, -0.05) is 146 Å². The molecule has 3 amide bonds. The highest BCUT2D eigenvalue weighted by Crippen LogP contribution is 2.26. The smallest absolute Gasteiger partial charge is 0.348 e. The normalized spacial score (nSPS) is 16.4. The standard InChI is InChI=1S/C60H84N4O13/c1-38(2)31-46(61-10)56(68)74-42(9)53(65)62(11)47(32-39(3)4)58(70)76-51(35-43-23-16-13-17-24-43)54(66)63(12)48(33-40(5)6)57(69)75-50-29-22-30-64(55(50)67)49(34-41(7)8)59(71)77-52(36-44-25-18-14-19-26-44)60(72)73-37-45-27-20-15-21-28-45/h13-21,23-28,38-42,46-52,61H,22,29-37H2,1-12H3/t42?,46-,47-,48-,49-,50-,51?,52-/m0/s1. The van der Waals surface area contributed by atoms with Crippen molar-refractivity contribution in [2.75, 3.05) is 27.7 Å². The quantitative estimate of drug-likeness (QED) is 0.0536. The van der Waals surface area contributed by atoms with Crippen molar-refractivity contribution in [1.29, 1.82) is 0 Å². The summed E-state index contributed by atoms with van der Waals surface area (Å²) in [5.41, 5.74) is 2.13. The maximum absolute atomic E-state index is 14.8. The van der Waals surface area contributed by atoms with Crippen LogP contribution in [-0.4, -0.2) is 139 Å². The van der Waals surface area contributed by atoms with Gasteiger partial charge in [0, 0.05) is 33.5 Å². The van der Waals surface area contributed by atoms with E-state index in [4.69, 9.17) is 23.7 Å². The number of benzene rings is 3. The van der Waals surface area contributed by atoms with Gasteiger partial charge in [0.2, 0.25) is 6.10 Å². The second-order valence-electron chi connectivity index (χ2n) is 21.8. The van der Waals surface area contributed by atoms with Gasteiger partial charge in [-0.3, -0.25) is 19.2 Å². The van der Waals surface area contributed by atoms with Gasteiger partial charge in [0.25, 0.3) is 17.7 Å². The van der Waals surface area contributed by atoms with Crippen LogP contribution in [0.2, 0.25) is 0 Å². The van der Waals surface area contributed by atoms with Crippen LogP contribution in [0.1, 0.15) is 118 Å². The summed E-state index contributed by atoms with van der Waals surface area (Å²) < 4.78 is 29.4. The molecule has 17 heteroatoms. The number of nitrogens with one attached hydrogen (secondary N) is 1. The summed E-state index contributed by atoms with van der Waals surface area (Å²) >= 11 is 0. The average Bonchev–Trinajstić information content (AvgIpc) is 3.39. The Kier molecular flexibility index (Phi) is 25.3. The number of hydrogen-bond acceptors (Lipinski definition) is 14. The van der Waals surface area contributed by atoms with Crippen LogP contribution in [0.3, 0.4) is 0 Å². The maximum atomic E-state index is 14.8. The van der Waals surface area contributed by atoms with Crippen LogP contribution in [0.25, 0.3) is 0 Å². The zero-order valence-electron chi connectivity index (χ0n) is 47.3. The predicted octanol–water partition coefficient (Wildman–Crippen LogP) is 7.30. The third-order valence-electron chi connectivity index (χ3n) is 13.4. The van der Waals surface area contributed by atoms with Crippen molar-refractivity contribution in [3.63, 3.8) is 0 Å². The molecule has 1 aliphatic rings. The summed E-state index contributed by atoms with van der Waals surface area (Å²) in [5.74, 6) is -6.09. The number of ether oxygens (including phenoxy) is 5. The van der Waals surface area contributed by atoms with E-state index in [1.807, 2.05) is 116 Å². The van der Waals surface area contributed by atoms with Gasteiger partial charge in [-0.2, -0.15) is 0 Å². The van der Waals surface area contributed by atoms with Crippen molar-refractivity contribution in [3.8, 4) is 0 Å². The molecule has 0 bridgehead atoms. The van der Waals surface area contributed by atoms with E-state index < -0.39 is 96.2 Å². The van der Waals surface area contributed by atoms with E-state index in [9.17, 15) is 38.4 Å². The van der Waals surface area contributed by atoms with Gasteiger partial charge in [-0.15, -0.1) is 0 Å². The van der Waals surface area contributed by atoms with Crippen LogP contribution in [0.5, 0.6) is 0 Å². The van der Waals surface area contributed by atoms with Gasteiger partial charge in [-0.25, -0.2) is 19.2 Å². The molecule has 17 nitrogen and oxygen atoms in total. The van der Waals surface area contributed by atoms with Crippen LogP contribution in [0.15, 0.2) is 91.0 Å². The van der Waals surface area contributed by atoms with Crippen LogP contribution in [-0.2, 0) is 81.5 Å². The number of likely N-dealkylation sites (N-methyl/N-ethyl adjacent to an activating group) is 3. The van der Waals surface area contributed by atoms with E-state index >= 15 is 0 Å². The molecule has 1 saturated heterocycles. The number of piperidine rings is 1. The van der Waals surface area contributed by atoms with Crippen LogP contribution >= 0.6 is 0 Å². The largest absolute Gasteiger partial charge is 0.458 e. The first-order chi connectivity index (χ1) is 36.5. The fourth-order valence-electron chi connectivity index (χ4n) is 9.22. The number of nitrogens with zero attached hydrogens (tertiary/aromatic N) is 3. The molecule has 1 heterocycles. The van der Waals surface area contributed by atoms with Gasteiger partial charge >= 0.3 is 29.8 Å². The highest BCUT2D eigenvalue weighted by atomic mass is 16.6. The number of amides is 3. The van der Waals surface area contributed by atoms with E-state index in [1.165, 1.54) is 35.7 Å². The lowest BCUT2D eigenvalue weighted by atomic mass is 9.97. The van der Waals surface area contributed by atoms with Crippen LogP contribution in [0, 0.1) is 23.7 Å². The van der Waals surface area contributed by atoms with E-state index in [0.717, 1.165) is 11.1 Å². The summed E-state index contributed by atoms with van der Waals surface area (Å²) in [6, 6.07) is 22.9. The van der Waals surface area contributed by atoms with Crippen molar-refractivity contribution >= 4 is 47.6 Å². The number of esters is 5. The van der Waals surface area contributed by atoms with Crippen molar-refractivity contribution in [1.82, 2.24) is 20.0 Å². The molecular formula is C60H84N4O13. The second kappa shape index (κ2) is 31.0. The Morgan fingerprint density at radius 3 is 1.53 bits per heavy atom. The minimum absolute atomic E-state index is 0.0291. The lowest BCUT2D eigenvalue weighted by molar-refractivity contribution is -0.179. The molecule has 0 spiro atoms. The van der Waals surface area contributed by atoms with Crippen molar-refractivity contribution in [2.45, 2.75) is 169 Å². The summed E-state index contributed by atoms with van der Waals surface area (Å²) in [5, 5.41) is 2.93. The first-order valence-electron chi connectivity index (χ1n) is 27.1. The Morgan fingerprint density at radius 2 is 1.03 bits per heavy atom. The monoisotopic (exact) mass is 1070 g/mol. The van der Waals surface area contributed by atoms with Crippen LogP contribution < -0.4 is 5.32 Å². The molecule has 77 heavy (non-hydrogen) atoms. The number of carbonyl (C=O) groups excluding carboxylic acids is 8. The maximum Gasteiger partial charge on any atom is 0.348 e. The minimum atomic E-state index is -1.48. The zero-order valence-corrected chi connectivity index (χ0v) is 47.3. The Hall–Kier alpha value is -6.62. The van der Waals surface area contributed by atoms with E-state index in [0.29, 0.717) is 18.4 Å². The lowest BCUT2D eigenvalue weighted by Crippen LogP contribution is -2.56. The Labute approximate surface area is 456 Å². The molecule has 1 aliphatic heterocycles. The van der Waals surface area contributed by atoms with Crippen LogP contribution in [0.4, 0.5) is 0 Å². The molecule has 8 atom stereocenters. The molecule has 4 rings (SSSR count). The zero-order chi connectivity index (χ0) is 56.9. The topological polar surface area (TPSA) is 204 Å². The molecule has 0 saturated carbocycles. The molecule has 0 aromatic heterocycles. The molecule has 2 unspecified atom stereocenters. The summed E-state index contributed by atoms with van der Waals surface area (Å²) in [4.78, 5) is 117. The van der Waals surface area contributed by atoms with Crippen molar-refractivity contribution in [2.24, 2.45) is 23.7 Å². The summed E-state index contributed by atoms with van der Waals surface area (Å²) in [7, 11) is 4.48. The number of carbonyl (C=O) groups is 8. The molecule has 3 aromatic carbocycles. The number of rotatable bonds is 29. The van der Waals surface area contributed by atoms with Gasteiger partial charge in [0.05, 0.1) is 0 Å². The average molecular weight is 1070 g/mol. The van der Waals surface area contributed by atoms with Crippen molar-refractivity contribution < 1.29 is 62.0 Å². The highest BCUT2D eigenvalue weighted by molar-refractivity contribution is 5.93. The Morgan fingerprint density at radius 1 is 0.558 bits per heavy atom.